The van der Waals surface area contributed by atoms with E-state index in [2.05, 4.69) is 29.0 Å². The van der Waals surface area contributed by atoms with Gasteiger partial charge in [0.05, 0.1) is 43.8 Å². The molecule has 172 valence electrons. The van der Waals surface area contributed by atoms with Gasteiger partial charge >= 0.3 is 5.97 Å². The van der Waals surface area contributed by atoms with Crippen molar-refractivity contribution in [1.82, 2.24) is 4.90 Å². The third-order valence-electron chi connectivity index (χ3n) is 5.70. The second-order valence-corrected chi connectivity index (χ2v) is 7.86. The maximum Gasteiger partial charge on any atom is 0.337 e. The van der Waals surface area contributed by atoms with E-state index in [1.807, 2.05) is 6.07 Å². The van der Waals surface area contributed by atoms with E-state index in [9.17, 15) is 9.59 Å². The normalized spacial score (nSPS) is 14.2. The molecule has 0 saturated carbocycles. The molecule has 0 atom stereocenters. The van der Waals surface area contributed by atoms with Crippen LogP contribution in [0.25, 0.3) is 0 Å². The van der Waals surface area contributed by atoms with Gasteiger partial charge < -0.3 is 24.4 Å². The van der Waals surface area contributed by atoms with Gasteiger partial charge in [-0.2, -0.15) is 0 Å². The van der Waals surface area contributed by atoms with Crippen LogP contribution in [-0.4, -0.2) is 70.3 Å². The third kappa shape index (κ3) is 5.13. The first-order chi connectivity index (χ1) is 15.4. The van der Waals surface area contributed by atoms with Crippen LogP contribution in [-0.2, 0) is 4.74 Å². The molecule has 0 radical (unpaired) electrons. The SMILES string of the molecule is COC(=O)c1ccc(N2CCN(C(C)C)CC2)c(NC(=O)c2ccc(OC)cc2OC)c1. The maximum atomic E-state index is 13.1. The summed E-state index contributed by atoms with van der Waals surface area (Å²) in [7, 11) is 4.39. The number of amides is 1. The molecule has 0 bridgehead atoms. The maximum absolute atomic E-state index is 13.1. The molecule has 8 nitrogen and oxygen atoms in total. The Hall–Kier alpha value is -3.26. The van der Waals surface area contributed by atoms with Gasteiger partial charge in [-0.25, -0.2) is 4.79 Å². The summed E-state index contributed by atoms with van der Waals surface area (Å²) in [4.78, 5) is 29.9. The molecule has 0 unspecified atom stereocenters. The fraction of sp³-hybridized carbons (Fsp3) is 0.417. The number of anilines is 2. The minimum atomic E-state index is -0.460. The van der Waals surface area contributed by atoms with Crippen molar-refractivity contribution in [3.63, 3.8) is 0 Å². The van der Waals surface area contributed by atoms with E-state index in [-0.39, 0.29) is 5.91 Å². The van der Waals surface area contributed by atoms with Crippen LogP contribution in [0.15, 0.2) is 36.4 Å². The summed E-state index contributed by atoms with van der Waals surface area (Å²) >= 11 is 0. The van der Waals surface area contributed by atoms with Crippen LogP contribution in [0.1, 0.15) is 34.6 Å². The topological polar surface area (TPSA) is 80.3 Å². The molecule has 1 aliphatic heterocycles. The summed E-state index contributed by atoms with van der Waals surface area (Å²) in [6.07, 6.45) is 0. The van der Waals surface area contributed by atoms with E-state index < -0.39 is 5.97 Å². The Balaban J connectivity index is 1.91. The molecule has 1 amide bonds. The average molecular weight is 442 g/mol. The summed E-state index contributed by atoms with van der Waals surface area (Å²) in [5.41, 5.74) is 2.15. The fourth-order valence-electron chi connectivity index (χ4n) is 3.81. The van der Waals surface area contributed by atoms with Gasteiger partial charge in [-0.3, -0.25) is 9.69 Å². The van der Waals surface area contributed by atoms with Crippen molar-refractivity contribution in [3.8, 4) is 11.5 Å². The summed E-state index contributed by atoms with van der Waals surface area (Å²) in [5, 5.41) is 2.97. The molecule has 1 N–H and O–H groups in total. The van der Waals surface area contributed by atoms with E-state index in [0.29, 0.717) is 34.4 Å². The zero-order valence-corrected chi connectivity index (χ0v) is 19.3. The van der Waals surface area contributed by atoms with E-state index in [1.54, 1.807) is 37.4 Å². The summed E-state index contributed by atoms with van der Waals surface area (Å²) < 4.78 is 15.5. The minimum Gasteiger partial charge on any atom is -0.497 e. The van der Waals surface area contributed by atoms with Crippen LogP contribution in [0, 0.1) is 0 Å². The first kappa shape index (κ1) is 23.4. The zero-order valence-electron chi connectivity index (χ0n) is 19.3. The molecule has 2 aromatic carbocycles. The molecular weight excluding hydrogens is 410 g/mol. The molecule has 1 fully saturated rings. The van der Waals surface area contributed by atoms with Crippen LogP contribution < -0.4 is 19.7 Å². The molecule has 0 aromatic heterocycles. The van der Waals surface area contributed by atoms with Gasteiger partial charge in [0.25, 0.3) is 5.91 Å². The highest BCUT2D eigenvalue weighted by Gasteiger charge is 2.23. The predicted octanol–water partition coefficient (Wildman–Crippen LogP) is 3.27. The Morgan fingerprint density at radius 2 is 1.66 bits per heavy atom. The number of nitrogens with zero attached hydrogens (tertiary/aromatic N) is 2. The molecule has 0 aliphatic carbocycles. The van der Waals surface area contributed by atoms with Crippen molar-refractivity contribution < 1.29 is 23.8 Å². The molecule has 1 aliphatic rings. The number of rotatable bonds is 7. The molecule has 1 heterocycles. The van der Waals surface area contributed by atoms with E-state index in [1.165, 1.54) is 14.2 Å². The minimum absolute atomic E-state index is 0.339. The largest absolute Gasteiger partial charge is 0.497 e. The lowest BCUT2D eigenvalue weighted by molar-refractivity contribution is 0.0600. The number of carbonyl (C=O) groups excluding carboxylic acids is 2. The standard InChI is InChI=1S/C24H31N3O5/c1-16(2)26-10-12-27(13-11-26)21-9-6-17(24(29)32-5)14-20(21)25-23(28)19-8-7-18(30-3)15-22(19)31-4/h6-9,14-16H,10-13H2,1-5H3,(H,25,28). The molecule has 8 heteroatoms. The van der Waals surface area contributed by atoms with Gasteiger partial charge in [-0.1, -0.05) is 0 Å². The van der Waals surface area contributed by atoms with Crippen molar-refractivity contribution >= 4 is 23.3 Å². The number of ether oxygens (including phenoxy) is 3. The summed E-state index contributed by atoms with van der Waals surface area (Å²) in [6, 6.07) is 10.7. The van der Waals surface area contributed by atoms with Gasteiger partial charge in [-0.05, 0) is 44.2 Å². The van der Waals surface area contributed by atoms with Gasteiger partial charge in [0.2, 0.25) is 0 Å². The number of nitrogens with one attached hydrogen (secondary N) is 1. The van der Waals surface area contributed by atoms with Crippen molar-refractivity contribution in [2.75, 3.05) is 57.7 Å². The predicted molar refractivity (Wildman–Crippen MR) is 124 cm³/mol. The first-order valence-corrected chi connectivity index (χ1v) is 10.6. The highest BCUT2D eigenvalue weighted by molar-refractivity contribution is 6.08. The molecule has 32 heavy (non-hydrogen) atoms. The molecule has 2 aromatic rings. The van der Waals surface area contributed by atoms with Crippen LogP contribution >= 0.6 is 0 Å². The Morgan fingerprint density at radius 1 is 0.938 bits per heavy atom. The zero-order chi connectivity index (χ0) is 23.3. The Labute approximate surface area is 189 Å². The average Bonchev–Trinajstić information content (AvgIpc) is 2.82. The van der Waals surface area contributed by atoms with Crippen LogP contribution in [0.5, 0.6) is 11.5 Å². The number of methoxy groups -OCH3 is 3. The lowest BCUT2D eigenvalue weighted by Crippen LogP contribution is -2.49. The lowest BCUT2D eigenvalue weighted by Gasteiger charge is -2.38. The number of esters is 1. The smallest absolute Gasteiger partial charge is 0.337 e. The van der Waals surface area contributed by atoms with Crippen molar-refractivity contribution in [3.05, 3.63) is 47.5 Å². The van der Waals surface area contributed by atoms with Crippen molar-refractivity contribution in [2.24, 2.45) is 0 Å². The fourth-order valence-corrected chi connectivity index (χ4v) is 3.81. The van der Waals surface area contributed by atoms with E-state index in [4.69, 9.17) is 14.2 Å². The van der Waals surface area contributed by atoms with Crippen molar-refractivity contribution in [1.29, 1.82) is 0 Å². The van der Waals surface area contributed by atoms with Gasteiger partial charge in [0.1, 0.15) is 11.5 Å². The monoisotopic (exact) mass is 441 g/mol. The van der Waals surface area contributed by atoms with Crippen molar-refractivity contribution in [2.45, 2.75) is 19.9 Å². The molecule has 1 saturated heterocycles. The summed E-state index contributed by atoms with van der Waals surface area (Å²) in [5.74, 6) is 0.195. The second kappa shape index (κ2) is 10.4. The van der Waals surface area contributed by atoms with Crippen LogP contribution in [0.3, 0.4) is 0 Å². The summed E-state index contributed by atoms with van der Waals surface area (Å²) in [6.45, 7) is 7.88. The molecule has 0 spiro atoms. The second-order valence-electron chi connectivity index (χ2n) is 7.86. The number of benzene rings is 2. The highest BCUT2D eigenvalue weighted by atomic mass is 16.5. The number of carbonyl (C=O) groups is 2. The third-order valence-corrected chi connectivity index (χ3v) is 5.70. The first-order valence-electron chi connectivity index (χ1n) is 10.6. The number of piperazine rings is 1. The Morgan fingerprint density at radius 3 is 2.25 bits per heavy atom. The van der Waals surface area contributed by atoms with Crippen LogP contribution in [0.2, 0.25) is 0 Å². The van der Waals surface area contributed by atoms with Gasteiger partial charge in [0.15, 0.2) is 0 Å². The number of hydrogen-bond acceptors (Lipinski definition) is 7. The van der Waals surface area contributed by atoms with E-state index >= 15 is 0 Å². The van der Waals surface area contributed by atoms with Crippen LogP contribution in [0.4, 0.5) is 11.4 Å². The Bertz CT molecular complexity index is 968. The lowest BCUT2D eigenvalue weighted by atomic mass is 10.1. The molecular formula is C24H31N3O5. The highest BCUT2D eigenvalue weighted by Crippen LogP contribution is 2.31. The van der Waals surface area contributed by atoms with Gasteiger partial charge in [-0.15, -0.1) is 0 Å². The molecule has 3 rings (SSSR count). The quantitative estimate of drug-likeness (QED) is 0.661. The number of hydrogen-bond donors (Lipinski definition) is 1. The van der Waals surface area contributed by atoms with E-state index in [0.717, 1.165) is 31.9 Å². The van der Waals surface area contributed by atoms with Gasteiger partial charge in [0, 0.05) is 38.3 Å². The Kier molecular flexibility index (Phi) is 7.58.